The van der Waals surface area contributed by atoms with Crippen molar-refractivity contribution in [2.24, 2.45) is 0 Å². The maximum Gasteiger partial charge on any atom is 0.263 e. The van der Waals surface area contributed by atoms with Crippen LogP contribution in [0.2, 0.25) is 10.0 Å². The van der Waals surface area contributed by atoms with Crippen molar-refractivity contribution in [1.29, 1.82) is 0 Å². The maximum atomic E-state index is 13.2. The molecule has 2 aromatic carbocycles. The lowest BCUT2D eigenvalue weighted by atomic mass is 10.3. The van der Waals surface area contributed by atoms with Gasteiger partial charge < -0.3 is 4.74 Å². The molecule has 0 atom stereocenters. The van der Waals surface area contributed by atoms with E-state index in [4.69, 9.17) is 27.9 Å². The summed E-state index contributed by atoms with van der Waals surface area (Å²) in [6, 6.07) is 10.1. The molecule has 27 heavy (non-hydrogen) atoms. The molecular weight excluding hydrogens is 436 g/mol. The number of nitrogens with one attached hydrogen (secondary N) is 1. The van der Waals surface area contributed by atoms with Crippen LogP contribution in [-0.2, 0) is 16.4 Å². The Morgan fingerprint density at radius 1 is 1.11 bits per heavy atom. The number of sulfonamides is 1. The highest BCUT2D eigenvalue weighted by Gasteiger charge is 2.18. The largest absolute Gasteiger partial charge is 0.493 e. The standard InChI is InChI=1S/C16H12Cl2FN3O3S2/c17-10-1-3-11(4-2-10)25-8-7-15-20-21-16(26-15)22-27(23,24)12-5-6-14(19)13(18)9-12/h1-6,9H,7-8H2,(H,21,22). The van der Waals surface area contributed by atoms with Crippen molar-refractivity contribution in [3.63, 3.8) is 0 Å². The first kappa shape index (κ1) is 19.8. The van der Waals surface area contributed by atoms with Crippen molar-refractivity contribution in [1.82, 2.24) is 10.2 Å². The zero-order valence-corrected chi connectivity index (χ0v) is 16.7. The number of rotatable bonds is 7. The third kappa shape index (κ3) is 5.29. The minimum absolute atomic E-state index is 0.0944. The molecule has 0 bridgehead atoms. The quantitative estimate of drug-likeness (QED) is 0.579. The van der Waals surface area contributed by atoms with Crippen LogP contribution in [-0.4, -0.2) is 25.2 Å². The van der Waals surface area contributed by atoms with E-state index in [0.717, 1.165) is 29.5 Å². The minimum Gasteiger partial charge on any atom is -0.493 e. The fourth-order valence-electron chi connectivity index (χ4n) is 2.00. The molecule has 1 N–H and O–H groups in total. The monoisotopic (exact) mass is 447 g/mol. The van der Waals surface area contributed by atoms with E-state index in [1.54, 1.807) is 24.3 Å². The maximum absolute atomic E-state index is 13.2. The smallest absolute Gasteiger partial charge is 0.263 e. The Balaban J connectivity index is 1.59. The number of aromatic nitrogens is 2. The second kappa shape index (κ2) is 8.39. The fraction of sp³-hybridized carbons (Fsp3) is 0.125. The van der Waals surface area contributed by atoms with E-state index in [1.807, 2.05) is 0 Å². The molecule has 0 fully saturated rings. The SMILES string of the molecule is O=S(=O)(Nc1nnc(CCOc2ccc(Cl)cc2)s1)c1ccc(F)c(Cl)c1. The molecule has 1 heterocycles. The normalized spacial score (nSPS) is 11.4. The van der Waals surface area contributed by atoms with Crippen LogP contribution in [0, 0.1) is 5.82 Å². The first-order chi connectivity index (χ1) is 12.8. The van der Waals surface area contributed by atoms with Gasteiger partial charge in [0.2, 0.25) is 5.13 Å². The summed E-state index contributed by atoms with van der Waals surface area (Å²) in [5.74, 6) is -0.0347. The highest BCUT2D eigenvalue weighted by Crippen LogP contribution is 2.24. The molecule has 0 spiro atoms. The lowest BCUT2D eigenvalue weighted by molar-refractivity contribution is 0.321. The van der Waals surface area contributed by atoms with Crippen LogP contribution >= 0.6 is 34.5 Å². The lowest BCUT2D eigenvalue weighted by Gasteiger charge is -2.05. The number of halogens is 3. The van der Waals surface area contributed by atoms with E-state index in [9.17, 15) is 12.8 Å². The molecule has 0 amide bonds. The van der Waals surface area contributed by atoms with Gasteiger partial charge in [0, 0.05) is 11.4 Å². The van der Waals surface area contributed by atoms with Gasteiger partial charge in [-0.05, 0) is 42.5 Å². The van der Waals surface area contributed by atoms with Crippen molar-refractivity contribution in [2.45, 2.75) is 11.3 Å². The Labute approximate surface area is 169 Å². The Morgan fingerprint density at radius 2 is 1.85 bits per heavy atom. The first-order valence-corrected chi connectivity index (χ1v) is 10.6. The van der Waals surface area contributed by atoms with Crippen molar-refractivity contribution in [2.75, 3.05) is 11.3 Å². The molecule has 0 aliphatic rings. The molecule has 11 heteroatoms. The summed E-state index contributed by atoms with van der Waals surface area (Å²) in [4.78, 5) is -0.170. The molecule has 0 aliphatic heterocycles. The molecule has 0 saturated carbocycles. The number of anilines is 1. The van der Waals surface area contributed by atoms with Crippen LogP contribution in [0.25, 0.3) is 0 Å². The molecule has 6 nitrogen and oxygen atoms in total. The van der Waals surface area contributed by atoms with E-state index < -0.39 is 15.8 Å². The Morgan fingerprint density at radius 3 is 2.56 bits per heavy atom. The Hall–Kier alpha value is -1.94. The predicted molar refractivity (Wildman–Crippen MR) is 103 cm³/mol. The average Bonchev–Trinajstić information content (AvgIpc) is 3.05. The molecule has 1 aromatic heterocycles. The minimum atomic E-state index is -3.94. The van der Waals surface area contributed by atoms with Crippen molar-refractivity contribution in [3.8, 4) is 5.75 Å². The third-order valence-electron chi connectivity index (χ3n) is 3.29. The van der Waals surface area contributed by atoms with E-state index >= 15 is 0 Å². The molecule has 3 rings (SSSR count). The summed E-state index contributed by atoms with van der Waals surface area (Å²) in [6.07, 6.45) is 0.449. The van der Waals surface area contributed by atoms with Crippen LogP contribution in [0.3, 0.4) is 0 Å². The number of hydrogen-bond acceptors (Lipinski definition) is 6. The van der Waals surface area contributed by atoms with Crippen LogP contribution in [0.15, 0.2) is 47.4 Å². The molecular formula is C16H12Cl2FN3O3S2. The van der Waals surface area contributed by atoms with Crippen molar-refractivity contribution >= 4 is 49.7 Å². The van der Waals surface area contributed by atoms with Gasteiger partial charge in [-0.25, -0.2) is 12.8 Å². The summed E-state index contributed by atoms with van der Waals surface area (Å²) < 4.78 is 45.7. The second-order valence-electron chi connectivity index (χ2n) is 5.23. The van der Waals surface area contributed by atoms with Gasteiger partial charge in [-0.2, -0.15) is 0 Å². The molecule has 0 saturated heterocycles. The second-order valence-corrected chi connectivity index (χ2v) is 8.82. The summed E-state index contributed by atoms with van der Waals surface area (Å²) in [7, 11) is -3.94. The van der Waals surface area contributed by atoms with Gasteiger partial charge in [-0.15, -0.1) is 10.2 Å². The van der Waals surface area contributed by atoms with Gasteiger partial charge in [0.05, 0.1) is 16.5 Å². The van der Waals surface area contributed by atoms with Crippen molar-refractivity contribution < 1.29 is 17.5 Å². The van der Waals surface area contributed by atoms with Crippen LogP contribution in [0.4, 0.5) is 9.52 Å². The number of nitrogens with zero attached hydrogens (tertiary/aromatic N) is 2. The highest BCUT2D eigenvalue weighted by molar-refractivity contribution is 7.93. The van der Waals surface area contributed by atoms with Gasteiger partial charge in [0.1, 0.15) is 16.6 Å². The third-order valence-corrected chi connectivity index (χ3v) is 6.19. The number of benzene rings is 2. The summed E-state index contributed by atoms with van der Waals surface area (Å²) >= 11 is 12.5. The van der Waals surface area contributed by atoms with Gasteiger partial charge in [0.25, 0.3) is 10.0 Å². The fourth-order valence-corrected chi connectivity index (χ4v) is 4.35. The summed E-state index contributed by atoms with van der Waals surface area (Å²) in [5.41, 5.74) is 0. The van der Waals surface area contributed by atoms with Crippen LogP contribution < -0.4 is 9.46 Å². The predicted octanol–water partition coefficient (Wildman–Crippen LogP) is 4.41. The zero-order valence-electron chi connectivity index (χ0n) is 13.5. The molecule has 0 radical (unpaired) electrons. The van der Waals surface area contributed by atoms with E-state index in [2.05, 4.69) is 14.9 Å². The van der Waals surface area contributed by atoms with E-state index in [0.29, 0.717) is 28.8 Å². The van der Waals surface area contributed by atoms with Crippen molar-refractivity contribution in [3.05, 3.63) is 63.3 Å². The number of ether oxygens (including phenoxy) is 1. The first-order valence-electron chi connectivity index (χ1n) is 7.52. The van der Waals surface area contributed by atoms with Crippen LogP contribution in [0.1, 0.15) is 5.01 Å². The van der Waals surface area contributed by atoms with Gasteiger partial charge in [-0.3, -0.25) is 4.72 Å². The Kier molecular flexibility index (Phi) is 6.15. The highest BCUT2D eigenvalue weighted by atomic mass is 35.5. The van der Waals surface area contributed by atoms with E-state index in [-0.39, 0.29) is 15.0 Å². The Bertz CT molecular complexity index is 1040. The molecule has 0 aliphatic carbocycles. The zero-order chi connectivity index (χ0) is 19.4. The molecule has 0 unspecified atom stereocenters. The lowest BCUT2D eigenvalue weighted by Crippen LogP contribution is -2.12. The molecule has 3 aromatic rings. The van der Waals surface area contributed by atoms with Gasteiger partial charge in [-0.1, -0.05) is 34.5 Å². The summed E-state index contributed by atoms with van der Waals surface area (Å²) in [6.45, 7) is 0.344. The molecule has 142 valence electrons. The average molecular weight is 448 g/mol. The summed E-state index contributed by atoms with van der Waals surface area (Å²) in [5, 5.41) is 8.75. The van der Waals surface area contributed by atoms with Gasteiger partial charge in [0.15, 0.2) is 0 Å². The van der Waals surface area contributed by atoms with Crippen LogP contribution in [0.5, 0.6) is 5.75 Å². The van der Waals surface area contributed by atoms with Gasteiger partial charge >= 0.3 is 0 Å². The number of hydrogen-bond donors (Lipinski definition) is 1. The van der Waals surface area contributed by atoms with E-state index in [1.165, 1.54) is 0 Å². The topological polar surface area (TPSA) is 81.2 Å².